The summed E-state index contributed by atoms with van der Waals surface area (Å²) in [7, 11) is 3.88. The Morgan fingerprint density at radius 1 is 0.960 bits per heavy atom. The van der Waals surface area contributed by atoms with E-state index >= 15 is 0 Å². The molecule has 0 radical (unpaired) electrons. The SMILES string of the molecule is CCOC(C(=O)OCCN(C)C)(c1ccccc1)c1ccccc1.[Cl-]. The number of carbonyl (C=O) groups is 1. The van der Waals surface area contributed by atoms with Gasteiger partial charge in [0.15, 0.2) is 0 Å². The molecule has 0 bridgehead atoms. The summed E-state index contributed by atoms with van der Waals surface area (Å²) < 4.78 is 11.6. The molecule has 0 amide bonds. The molecule has 0 aliphatic carbocycles. The van der Waals surface area contributed by atoms with Crippen LogP contribution in [-0.2, 0) is 19.9 Å². The molecule has 0 spiro atoms. The van der Waals surface area contributed by atoms with Crippen LogP contribution in [-0.4, -0.2) is 44.7 Å². The fraction of sp³-hybridized carbons (Fsp3) is 0.350. The van der Waals surface area contributed by atoms with Crippen molar-refractivity contribution in [3.8, 4) is 0 Å². The first-order valence-corrected chi connectivity index (χ1v) is 8.18. The molecule has 0 atom stereocenters. The summed E-state index contributed by atoms with van der Waals surface area (Å²) in [5.74, 6) is -0.386. The van der Waals surface area contributed by atoms with E-state index in [9.17, 15) is 4.79 Å². The third kappa shape index (κ3) is 5.05. The highest BCUT2D eigenvalue weighted by Gasteiger charge is 2.44. The second kappa shape index (κ2) is 10.2. The molecule has 2 aromatic rings. The molecule has 0 heterocycles. The van der Waals surface area contributed by atoms with E-state index in [4.69, 9.17) is 9.47 Å². The normalized spacial score (nSPS) is 11.0. The number of carbonyl (C=O) groups excluding carboxylic acids is 1. The summed E-state index contributed by atoms with van der Waals surface area (Å²) in [5.41, 5.74) is 0.296. The molecule has 25 heavy (non-hydrogen) atoms. The van der Waals surface area contributed by atoms with Crippen molar-refractivity contribution in [3.05, 3.63) is 71.8 Å². The molecule has 2 aromatic carbocycles. The maximum absolute atomic E-state index is 13.1. The molecule has 5 heteroatoms. The number of hydrogen-bond acceptors (Lipinski definition) is 4. The predicted octanol–water partition coefficient (Wildman–Crippen LogP) is 0.0755. The molecule has 0 aromatic heterocycles. The van der Waals surface area contributed by atoms with E-state index in [-0.39, 0.29) is 18.4 Å². The van der Waals surface area contributed by atoms with Crippen LogP contribution in [0.3, 0.4) is 0 Å². The van der Waals surface area contributed by atoms with Crippen molar-refractivity contribution in [2.45, 2.75) is 12.5 Å². The highest BCUT2D eigenvalue weighted by Crippen LogP contribution is 2.35. The van der Waals surface area contributed by atoms with Gasteiger partial charge in [-0.2, -0.15) is 0 Å². The van der Waals surface area contributed by atoms with Crippen molar-refractivity contribution >= 4 is 5.97 Å². The van der Waals surface area contributed by atoms with Gasteiger partial charge >= 0.3 is 5.97 Å². The van der Waals surface area contributed by atoms with Crippen molar-refractivity contribution < 1.29 is 26.7 Å². The predicted molar refractivity (Wildman–Crippen MR) is 94.8 cm³/mol. The highest BCUT2D eigenvalue weighted by atomic mass is 35.5. The van der Waals surface area contributed by atoms with Crippen molar-refractivity contribution in [1.82, 2.24) is 4.90 Å². The van der Waals surface area contributed by atoms with Crippen LogP contribution >= 0.6 is 0 Å². The number of nitrogens with zero attached hydrogens (tertiary/aromatic N) is 1. The van der Waals surface area contributed by atoms with Gasteiger partial charge in [-0.15, -0.1) is 0 Å². The van der Waals surface area contributed by atoms with Gasteiger partial charge in [-0.25, -0.2) is 4.79 Å². The van der Waals surface area contributed by atoms with E-state index in [0.29, 0.717) is 19.8 Å². The Hall–Kier alpha value is -1.88. The molecule has 0 aliphatic heterocycles. The average molecular weight is 363 g/mol. The Bertz CT molecular complexity index is 592. The van der Waals surface area contributed by atoms with Crippen LogP contribution < -0.4 is 12.4 Å². The average Bonchev–Trinajstić information content (AvgIpc) is 2.60. The standard InChI is InChI=1S/C20H25NO3.ClH/c1-4-24-20(17-11-7-5-8-12-17,18-13-9-6-10-14-18)19(22)23-16-15-21(2)3;/h5-14H,4,15-16H2,1-3H3;1H/p-1. The van der Waals surface area contributed by atoms with Gasteiger partial charge in [-0.3, -0.25) is 0 Å². The Morgan fingerprint density at radius 3 is 1.84 bits per heavy atom. The first-order valence-electron chi connectivity index (χ1n) is 8.18. The van der Waals surface area contributed by atoms with Crippen LogP contribution in [0.1, 0.15) is 18.1 Å². The molecule has 0 fully saturated rings. The van der Waals surface area contributed by atoms with E-state index in [1.807, 2.05) is 86.6 Å². The number of benzene rings is 2. The Morgan fingerprint density at radius 2 is 1.44 bits per heavy atom. The maximum Gasteiger partial charge on any atom is 0.347 e. The molecule has 0 aliphatic rings. The number of hydrogen-bond donors (Lipinski definition) is 0. The Balaban J connectivity index is 0.00000312. The number of esters is 1. The molecule has 0 saturated heterocycles. The van der Waals surface area contributed by atoms with Crippen molar-refractivity contribution in [2.75, 3.05) is 33.9 Å². The smallest absolute Gasteiger partial charge is 0.347 e. The third-order valence-electron chi connectivity index (χ3n) is 3.78. The molecule has 4 nitrogen and oxygen atoms in total. The minimum Gasteiger partial charge on any atom is -1.00 e. The minimum atomic E-state index is -1.25. The van der Waals surface area contributed by atoms with Gasteiger partial charge in [0.05, 0.1) is 0 Å². The van der Waals surface area contributed by atoms with E-state index in [1.165, 1.54) is 0 Å². The Labute approximate surface area is 156 Å². The first-order chi connectivity index (χ1) is 11.6. The van der Waals surface area contributed by atoms with Crippen LogP contribution in [0.2, 0.25) is 0 Å². The van der Waals surface area contributed by atoms with Gasteiger partial charge in [0.2, 0.25) is 5.60 Å². The zero-order chi connectivity index (χ0) is 17.4. The molecule has 136 valence electrons. The molecular formula is C20H25ClNO3-. The van der Waals surface area contributed by atoms with Gasteiger partial charge < -0.3 is 26.8 Å². The quantitative estimate of drug-likeness (QED) is 0.623. The van der Waals surface area contributed by atoms with E-state index in [0.717, 1.165) is 11.1 Å². The summed E-state index contributed by atoms with van der Waals surface area (Å²) in [4.78, 5) is 15.0. The fourth-order valence-electron chi connectivity index (χ4n) is 2.61. The number of likely N-dealkylation sites (N-methyl/N-ethyl adjacent to an activating group) is 1. The van der Waals surface area contributed by atoms with Crippen molar-refractivity contribution in [1.29, 1.82) is 0 Å². The summed E-state index contributed by atoms with van der Waals surface area (Å²) in [6, 6.07) is 19.0. The van der Waals surface area contributed by atoms with Gasteiger partial charge in [-0.1, -0.05) is 60.7 Å². The van der Waals surface area contributed by atoms with Gasteiger partial charge in [-0.05, 0) is 32.1 Å². The molecule has 0 unspecified atom stereocenters. The summed E-state index contributed by atoms with van der Waals surface area (Å²) in [5, 5.41) is 0. The lowest BCUT2D eigenvalue weighted by Crippen LogP contribution is -3.00. The summed E-state index contributed by atoms with van der Waals surface area (Å²) in [6.07, 6.45) is 0. The fourth-order valence-corrected chi connectivity index (χ4v) is 2.61. The Kier molecular flexibility index (Phi) is 8.62. The van der Waals surface area contributed by atoms with Crippen LogP contribution in [0, 0.1) is 0 Å². The zero-order valence-electron chi connectivity index (χ0n) is 14.9. The van der Waals surface area contributed by atoms with Crippen molar-refractivity contribution in [2.24, 2.45) is 0 Å². The summed E-state index contributed by atoms with van der Waals surface area (Å²) >= 11 is 0. The van der Waals surface area contributed by atoms with Crippen LogP contribution in [0.4, 0.5) is 0 Å². The number of rotatable bonds is 8. The molecule has 0 N–H and O–H groups in total. The highest BCUT2D eigenvalue weighted by molar-refractivity contribution is 5.85. The number of halogens is 1. The zero-order valence-corrected chi connectivity index (χ0v) is 15.7. The lowest BCUT2D eigenvalue weighted by atomic mass is 9.86. The maximum atomic E-state index is 13.1. The van der Waals surface area contributed by atoms with Crippen molar-refractivity contribution in [3.63, 3.8) is 0 Å². The third-order valence-corrected chi connectivity index (χ3v) is 3.78. The largest absolute Gasteiger partial charge is 1.00 e. The molecular weight excluding hydrogens is 338 g/mol. The molecule has 2 rings (SSSR count). The van der Waals surface area contributed by atoms with Gasteiger partial charge in [0, 0.05) is 13.2 Å². The lowest BCUT2D eigenvalue weighted by molar-refractivity contribution is -0.168. The number of ether oxygens (including phenoxy) is 2. The summed E-state index contributed by atoms with van der Waals surface area (Å²) in [6.45, 7) is 3.26. The lowest BCUT2D eigenvalue weighted by Gasteiger charge is -2.32. The van der Waals surface area contributed by atoms with E-state index in [2.05, 4.69) is 0 Å². The van der Waals surface area contributed by atoms with Gasteiger partial charge in [0.1, 0.15) is 6.61 Å². The van der Waals surface area contributed by atoms with Gasteiger partial charge in [0.25, 0.3) is 0 Å². The second-order valence-electron chi connectivity index (χ2n) is 5.79. The monoisotopic (exact) mass is 362 g/mol. The van der Waals surface area contributed by atoms with Crippen LogP contribution in [0.25, 0.3) is 0 Å². The van der Waals surface area contributed by atoms with E-state index < -0.39 is 5.60 Å². The molecule has 0 saturated carbocycles. The minimum absolute atomic E-state index is 0. The van der Waals surface area contributed by atoms with Crippen LogP contribution in [0.5, 0.6) is 0 Å². The van der Waals surface area contributed by atoms with E-state index in [1.54, 1.807) is 0 Å². The van der Waals surface area contributed by atoms with Crippen LogP contribution in [0.15, 0.2) is 60.7 Å². The topological polar surface area (TPSA) is 38.8 Å². The second-order valence-corrected chi connectivity index (χ2v) is 5.79. The first kappa shape index (κ1) is 21.2.